The third-order valence-corrected chi connectivity index (χ3v) is 1.87. The summed E-state index contributed by atoms with van der Waals surface area (Å²) >= 11 is 5.70. The molecule has 0 radical (unpaired) electrons. The first-order chi connectivity index (χ1) is 6.84. The second kappa shape index (κ2) is 4.06. The van der Waals surface area contributed by atoms with E-state index in [1.165, 1.54) is 6.33 Å². The number of aromatic nitrogens is 4. The van der Waals surface area contributed by atoms with E-state index >= 15 is 0 Å². The Labute approximate surface area is 85.5 Å². The highest BCUT2D eigenvalue weighted by Gasteiger charge is 1.97. The molecule has 0 amide bonds. The van der Waals surface area contributed by atoms with Gasteiger partial charge in [-0.05, 0) is 0 Å². The van der Waals surface area contributed by atoms with Crippen LogP contribution in [0.2, 0.25) is 5.15 Å². The van der Waals surface area contributed by atoms with Crippen molar-refractivity contribution in [2.75, 3.05) is 5.32 Å². The van der Waals surface area contributed by atoms with Gasteiger partial charge in [0.1, 0.15) is 17.3 Å². The molecule has 0 atom stereocenters. The van der Waals surface area contributed by atoms with Crippen LogP contribution in [-0.4, -0.2) is 20.2 Å². The lowest BCUT2D eigenvalue weighted by atomic mass is 10.3. The van der Waals surface area contributed by atoms with Crippen molar-refractivity contribution >= 4 is 17.4 Å². The van der Waals surface area contributed by atoms with Crippen molar-refractivity contribution in [3.8, 4) is 0 Å². The predicted molar refractivity (Wildman–Crippen MR) is 53.0 cm³/mol. The van der Waals surface area contributed by atoms with Gasteiger partial charge in [-0.1, -0.05) is 11.6 Å². The maximum atomic E-state index is 5.70. The molecule has 0 saturated carbocycles. The third kappa shape index (κ3) is 2.20. The van der Waals surface area contributed by atoms with Gasteiger partial charge in [-0.2, -0.15) is 5.10 Å². The molecule has 5 nitrogen and oxygen atoms in total. The van der Waals surface area contributed by atoms with E-state index in [4.69, 9.17) is 11.6 Å². The maximum absolute atomic E-state index is 5.70. The molecule has 2 heterocycles. The molecule has 0 saturated heterocycles. The highest BCUT2D eigenvalue weighted by atomic mass is 35.5. The van der Waals surface area contributed by atoms with Gasteiger partial charge in [0, 0.05) is 24.4 Å². The van der Waals surface area contributed by atoms with Crippen molar-refractivity contribution in [2.45, 2.75) is 6.54 Å². The Morgan fingerprint density at radius 1 is 1.43 bits per heavy atom. The molecule has 6 heteroatoms. The molecular formula is C8H8ClN5. The Balaban J connectivity index is 1.98. The second-order valence-corrected chi connectivity index (χ2v) is 3.07. The molecule has 2 rings (SSSR count). The van der Waals surface area contributed by atoms with E-state index < -0.39 is 0 Å². The van der Waals surface area contributed by atoms with Crippen LogP contribution in [0.25, 0.3) is 0 Å². The van der Waals surface area contributed by atoms with E-state index in [0.717, 1.165) is 5.56 Å². The number of hydrogen-bond acceptors (Lipinski definition) is 4. The van der Waals surface area contributed by atoms with E-state index in [2.05, 4.69) is 25.5 Å². The van der Waals surface area contributed by atoms with Crippen LogP contribution in [0.1, 0.15) is 5.56 Å². The summed E-state index contributed by atoms with van der Waals surface area (Å²) in [5.74, 6) is 0.700. The lowest BCUT2D eigenvalue weighted by molar-refractivity contribution is 1.08. The number of halogens is 1. The monoisotopic (exact) mass is 209 g/mol. The van der Waals surface area contributed by atoms with Gasteiger partial charge in [0.25, 0.3) is 0 Å². The molecule has 2 aromatic rings. The van der Waals surface area contributed by atoms with Crippen molar-refractivity contribution in [1.82, 2.24) is 20.2 Å². The number of anilines is 1. The van der Waals surface area contributed by atoms with E-state index in [0.29, 0.717) is 17.5 Å². The fourth-order valence-electron chi connectivity index (χ4n) is 0.997. The Hall–Kier alpha value is -1.62. The van der Waals surface area contributed by atoms with Crippen molar-refractivity contribution < 1.29 is 0 Å². The number of H-pyrrole nitrogens is 1. The molecule has 0 fully saturated rings. The van der Waals surface area contributed by atoms with Crippen LogP contribution >= 0.6 is 11.6 Å². The molecule has 0 unspecified atom stereocenters. The van der Waals surface area contributed by atoms with E-state index in [1.54, 1.807) is 12.3 Å². The van der Waals surface area contributed by atoms with Gasteiger partial charge in [0.2, 0.25) is 0 Å². The fraction of sp³-hybridized carbons (Fsp3) is 0.125. The van der Waals surface area contributed by atoms with Crippen molar-refractivity contribution in [1.29, 1.82) is 0 Å². The lowest BCUT2D eigenvalue weighted by Gasteiger charge is -2.02. The summed E-state index contributed by atoms with van der Waals surface area (Å²) in [6, 6.07) is 1.67. The first-order valence-corrected chi connectivity index (χ1v) is 4.41. The van der Waals surface area contributed by atoms with Crippen LogP contribution in [0.5, 0.6) is 0 Å². The zero-order valence-electron chi connectivity index (χ0n) is 7.24. The van der Waals surface area contributed by atoms with Gasteiger partial charge in [0.15, 0.2) is 0 Å². The highest BCUT2D eigenvalue weighted by molar-refractivity contribution is 6.29. The van der Waals surface area contributed by atoms with Crippen LogP contribution in [0.4, 0.5) is 5.82 Å². The molecule has 72 valence electrons. The van der Waals surface area contributed by atoms with Crippen molar-refractivity contribution in [3.63, 3.8) is 0 Å². The molecule has 0 spiro atoms. The lowest BCUT2D eigenvalue weighted by Crippen LogP contribution is -2.00. The molecular weight excluding hydrogens is 202 g/mol. The smallest absolute Gasteiger partial charge is 0.134 e. The predicted octanol–water partition coefficient (Wildman–Crippen LogP) is 1.47. The summed E-state index contributed by atoms with van der Waals surface area (Å²) < 4.78 is 0. The Kier molecular flexibility index (Phi) is 2.60. The molecule has 0 aliphatic heterocycles. The molecule has 2 N–H and O–H groups in total. The highest BCUT2D eigenvalue weighted by Crippen LogP contribution is 2.09. The normalized spacial score (nSPS) is 10.1. The van der Waals surface area contributed by atoms with E-state index in [9.17, 15) is 0 Å². The van der Waals surface area contributed by atoms with Crippen LogP contribution in [0, 0.1) is 0 Å². The van der Waals surface area contributed by atoms with Gasteiger partial charge in [-0.25, -0.2) is 9.97 Å². The van der Waals surface area contributed by atoms with Crippen LogP contribution in [0.15, 0.2) is 24.8 Å². The minimum absolute atomic E-state index is 0.426. The number of nitrogens with zero attached hydrogens (tertiary/aromatic N) is 3. The first-order valence-electron chi connectivity index (χ1n) is 4.03. The Morgan fingerprint density at radius 2 is 2.36 bits per heavy atom. The summed E-state index contributed by atoms with van der Waals surface area (Å²) in [6.45, 7) is 0.657. The van der Waals surface area contributed by atoms with Gasteiger partial charge in [0.05, 0.1) is 6.20 Å². The van der Waals surface area contributed by atoms with E-state index in [-0.39, 0.29) is 0 Å². The minimum Gasteiger partial charge on any atom is -0.366 e. The third-order valence-electron chi connectivity index (χ3n) is 1.66. The summed E-state index contributed by atoms with van der Waals surface area (Å²) in [5.41, 5.74) is 1.06. The SMILES string of the molecule is Clc1cc(NCc2cn[nH]c2)ncn1. The minimum atomic E-state index is 0.426. The Bertz CT molecular complexity index is 400. The molecule has 0 aliphatic carbocycles. The second-order valence-electron chi connectivity index (χ2n) is 2.69. The Morgan fingerprint density at radius 3 is 3.07 bits per heavy atom. The summed E-state index contributed by atoms with van der Waals surface area (Å²) in [7, 11) is 0. The van der Waals surface area contributed by atoms with Gasteiger partial charge in [-0.15, -0.1) is 0 Å². The molecule has 0 aromatic carbocycles. The fourth-order valence-corrected chi connectivity index (χ4v) is 1.14. The zero-order valence-corrected chi connectivity index (χ0v) is 7.99. The van der Waals surface area contributed by atoms with Gasteiger partial charge < -0.3 is 5.32 Å². The summed E-state index contributed by atoms with van der Waals surface area (Å²) in [6.07, 6.45) is 4.98. The first kappa shape index (κ1) is 8.96. The molecule has 0 aliphatic rings. The molecule has 14 heavy (non-hydrogen) atoms. The van der Waals surface area contributed by atoms with Gasteiger partial charge >= 0.3 is 0 Å². The van der Waals surface area contributed by atoms with Crippen molar-refractivity contribution in [3.05, 3.63) is 35.5 Å². The standard InChI is InChI=1S/C8H8ClN5/c9-7-1-8(12-5-11-7)10-2-6-3-13-14-4-6/h1,3-5H,2H2,(H,13,14)(H,10,11,12). The summed E-state index contributed by atoms with van der Waals surface area (Å²) in [5, 5.41) is 10.1. The number of rotatable bonds is 3. The van der Waals surface area contributed by atoms with Gasteiger partial charge in [-0.3, -0.25) is 5.10 Å². The largest absolute Gasteiger partial charge is 0.366 e. The quantitative estimate of drug-likeness (QED) is 0.752. The number of hydrogen-bond donors (Lipinski definition) is 2. The topological polar surface area (TPSA) is 66.5 Å². The number of nitrogens with one attached hydrogen (secondary N) is 2. The van der Waals surface area contributed by atoms with Crippen LogP contribution < -0.4 is 5.32 Å². The average Bonchev–Trinajstić information content (AvgIpc) is 2.67. The van der Waals surface area contributed by atoms with Crippen LogP contribution in [-0.2, 0) is 6.54 Å². The summed E-state index contributed by atoms with van der Waals surface area (Å²) in [4.78, 5) is 7.78. The van der Waals surface area contributed by atoms with Crippen molar-refractivity contribution in [2.24, 2.45) is 0 Å². The molecule has 2 aromatic heterocycles. The zero-order chi connectivity index (χ0) is 9.80. The number of aromatic amines is 1. The van der Waals surface area contributed by atoms with Crippen LogP contribution in [0.3, 0.4) is 0 Å². The average molecular weight is 210 g/mol. The maximum Gasteiger partial charge on any atom is 0.134 e. The molecule has 0 bridgehead atoms. The van der Waals surface area contributed by atoms with E-state index in [1.807, 2.05) is 6.20 Å².